The fraction of sp³-hybridized carbons (Fsp3) is 0.235. The summed E-state index contributed by atoms with van der Waals surface area (Å²) in [4.78, 5) is 8.80. The van der Waals surface area contributed by atoms with Crippen LogP contribution in [0.25, 0.3) is 11.4 Å². The largest absolute Gasteiger partial charge is 0.357 e. The minimum absolute atomic E-state index is 0.678. The quantitative estimate of drug-likeness (QED) is 0.476. The van der Waals surface area contributed by atoms with E-state index in [1.807, 2.05) is 12.1 Å². The lowest BCUT2D eigenvalue weighted by Gasteiger charge is -2.11. The van der Waals surface area contributed by atoms with Crippen LogP contribution in [0.3, 0.4) is 0 Å². The Morgan fingerprint density at radius 2 is 2.21 bits per heavy atom. The van der Waals surface area contributed by atoms with E-state index in [0.717, 1.165) is 29.5 Å². The number of aromatic amines is 1. The fourth-order valence-electron chi connectivity index (χ4n) is 2.25. The predicted octanol–water partition coefficient (Wildman–Crippen LogP) is 2.79. The molecule has 0 radical (unpaired) electrons. The minimum atomic E-state index is 0.678. The molecule has 0 saturated carbocycles. The van der Waals surface area contributed by atoms with Crippen LogP contribution in [-0.2, 0) is 13.1 Å². The average Bonchev–Trinajstić information content (AvgIpc) is 3.31. The van der Waals surface area contributed by atoms with E-state index < -0.39 is 0 Å². The third-order valence-electron chi connectivity index (χ3n) is 3.42. The molecule has 2 aromatic heterocycles. The summed E-state index contributed by atoms with van der Waals surface area (Å²) in [5.41, 5.74) is 3.40. The number of guanidine groups is 1. The standard InChI is InChI=1S/C17H20N6S/c1-2-18-17(20-10-14-6-7-24-11-14)19-9-13-4-3-5-15(8-13)16-21-12-22-23-16/h3-8,11-12H,2,9-10H2,1H3,(H2,18,19,20)(H,21,22,23). The van der Waals surface area contributed by atoms with Crippen molar-refractivity contribution in [2.24, 2.45) is 4.99 Å². The van der Waals surface area contributed by atoms with E-state index in [0.29, 0.717) is 13.1 Å². The number of H-pyrrole nitrogens is 1. The van der Waals surface area contributed by atoms with Crippen LogP contribution >= 0.6 is 11.3 Å². The Hall–Kier alpha value is -2.67. The van der Waals surface area contributed by atoms with Crippen molar-refractivity contribution >= 4 is 17.3 Å². The van der Waals surface area contributed by atoms with Gasteiger partial charge in [0, 0.05) is 18.7 Å². The minimum Gasteiger partial charge on any atom is -0.357 e. The molecule has 3 N–H and O–H groups in total. The van der Waals surface area contributed by atoms with Crippen LogP contribution in [0.2, 0.25) is 0 Å². The second kappa shape index (κ2) is 8.26. The monoisotopic (exact) mass is 340 g/mol. The van der Waals surface area contributed by atoms with Crippen molar-refractivity contribution in [1.82, 2.24) is 25.8 Å². The number of nitrogens with zero attached hydrogens (tertiary/aromatic N) is 3. The molecule has 0 fully saturated rings. The van der Waals surface area contributed by atoms with Crippen molar-refractivity contribution in [1.29, 1.82) is 0 Å². The van der Waals surface area contributed by atoms with Gasteiger partial charge in [-0.05, 0) is 40.9 Å². The van der Waals surface area contributed by atoms with Gasteiger partial charge in [-0.2, -0.15) is 16.4 Å². The number of hydrogen-bond donors (Lipinski definition) is 3. The highest BCUT2D eigenvalue weighted by atomic mass is 32.1. The van der Waals surface area contributed by atoms with E-state index >= 15 is 0 Å². The van der Waals surface area contributed by atoms with Crippen molar-refractivity contribution in [3.63, 3.8) is 0 Å². The zero-order valence-corrected chi connectivity index (χ0v) is 14.3. The lowest BCUT2D eigenvalue weighted by Crippen LogP contribution is -2.36. The average molecular weight is 340 g/mol. The van der Waals surface area contributed by atoms with Crippen molar-refractivity contribution in [2.75, 3.05) is 6.54 Å². The molecule has 2 heterocycles. The third kappa shape index (κ3) is 4.42. The first-order chi connectivity index (χ1) is 11.8. The van der Waals surface area contributed by atoms with Crippen LogP contribution in [0, 0.1) is 0 Å². The summed E-state index contributed by atoms with van der Waals surface area (Å²) in [6, 6.07) is 10.3. The van der Waals surface area contributed by atoms with Crippen molar-refractivity contribution in [3.05, 3.63) is 58.5 Å². The molecule has 6 nitrogen and oxygen atoms in total. The summed E-state index contributed by atoms with van der Waals surface area (Å²) in [5.74, 6) is 1.59. The number of aliphatic imine (C=N–C) groups is 1. The van der Waals surface area contributed by atoms with Gasteiger partial charge in [0.15, 0.2) is 11.8 Å². The first kappa shape index (κ1) is 16.2. The van der Waals surface area contributed by atoms with E-state index in [-0.39, 0.29) is 0 Å². The first-order valence-corrected chi connectivity index (χ1v) is 8.77. The lowest BCUT2D eigenvalue weighted by atomic mass is 10.1. The Labute approximate surface area is 145 Å². The highest BCUT2D eigenvalue weighted by Gasteiger charge is 2.03. The van der Waals surface area contributed by atoms with Crippen molar-refractivity contribution in [3.8, 4) is 11.4 Å². The number of aromatic nitrogens is 3. The Bertz CT molecular complexity index is 764. The van der Waals surface area contributed by atoms with Gasteiger partial charge in [-0.1, -0.05) is 18.2 Å². The number of hydrogen-bond acceptors (Lipinski definition) is 4. The maximum Gasteiger partial charge on any atom is 0.191 e. The Morgan fingerprint density at radius 3 is 2.96 bits per heavy atom. The van der Waals surface area contributed by atoms with Crippen molar-refractivity contribution in [2.45, 2.75) is 20.0 Å². The molecule has 7 heteroatoms. The summed E-state index contributed by atoms with van der Waals surface area (Å²) >= 11 is 1.69. The number of benzene rings is 1. The zero-order chi connectivity index (χ0) is 16.6. The van der Waals surface area contributed by atoms with Gasteiger partial charge in [0.05, 0.1) is 6.54 Å². The number of nitrogens with one attached hydrogen (secondary N) is 3. The SMILES string of the molecule is CCNC(=NCc1ccsc1)NCc1cccc(-c2ncn[nH]2)c1. The van der Waals surface area contributed by atoms with E-state index in [1.54, 1.807) is 11.3 Å². The topological polar surface area (TPSA) is 78.0 Å². The van der Waals surface area contributed by atoms with Crippen LogP contribution in [0.15, 0.2) is 52.4 Å². The van der Waals surface area contributed by atoms with Gasteiger partial charge in [-0.15, -0.1) is 0 Å². The zero-order valence-electron chi connectivity index (χ0n) is 13.5. The molecule has 3 rings (SSSR count). The summed E-state index contributed by atoms with van der Waals surface area (Å²) in [7, 11) is 0. The second-order valence-corrected chi connectivity index (χ2v) is 5.99. The molecule has 0 saturated heterocycles. The summed E-state index contributed by atoms with van der Waals surface area (Å²) < 4.78 is 0. The molecule has 24 heavy (non-hydrogen) atoms. The molecule has 0 atom stereocenters. The Balaban J connectivity index is 1.64. The van der Waals surface area contributed by atoms with Gasteiger partial charge in [0.25, 0.3) is 0 Å². The molecule has 0 bridgehead atoms. The molecule has 0 spiro atoms. The predicted molar refractivity (Wildman–Crippen MR) is 97.8 cm³/mol. The van der Waals surface area contributed by atoms with Gasteiger partial charge in [0.2, 0.25) is 0 Å². The molecule has 1 aromatic carbocycles. The highest BCUT2D eigenvalue weighted by molar-refractivity contribution is 7.07. The van der Waals surface area contributed by atoms with Gasteiger partial charge in [-0.3, -0.25) is 5.10 Å². The summed E-state index contributed by atoms with van der Waals surface area (Å²) in [5, 5.41) is 17.6. The fourth-order valence-corrected chi connectivity index (χ4v) is 2.91. The summed E-state index contributed by atoms with van der Waals surface area (Å²) in [6.45, 7) is 4.26. The van der Waals surface area contributed by atoms with Gasteiger partial charge in [-0.25, -0.2) is 9.98 Å². The first-order valence-electron chi connectivity index (χ1n) is 7.83. The van der Waals surface area contributed by atoms with Crippen LogP contribution in [0.1, 0.15) is 18.1 Å². The highest BCUT2D eigenvalue weighted by Crippen LogP contribution is 2.15. The number of thiophene rings is 1. The maximum atomic E-state index is 4.62. The van der Waals surface area contributed by atoms with Gasteiger partial charge < -0.3 is 10.6 Å². The van der Waals surface area contributed by atoms with E-state index in [2.05, 4.69) is 66.7 Å². The smallest absolute Gasteiger partial charge is 0.191 e. The molecule has 0 aliphatic heterocycles. The Morgan fingerprint density at radius 1 is 1.25 bits per heavy atom. The second-order valence-electron chi connectivity index (χ2n) is 5.21. The summed E-state index contributed by atoms with van der Waals surface area (Å²) in [6.07, 6.45) is 1.51. The molecule has 3 aromatic rings. The molecule has 0 unspecified atom stereocenters. The molecule has 0 amide bonds. The van der Waals surface area contributed by atoms with Crippen LogP contribution in [0.4, 0.5) is 0 Å². The Kier molecular flexibility index (Phi) is 5.57. The van der Waals surface area contributed by atoms with Crippen LogP contribution < -0.4 is 10.6 Å². The molecular formula is C17H20N6S. The van der Waals surface area contributed by atoms with Crippen LogP contribution in [0.5, 0.6) is 0 Å². The molecule has 0 aliphatic carbocycles. The molecule has 124 valence electrons. The van der Waals surface area contributed by atoms with Crippen molar-refractivity contribution < 1.29 is 0 Å². The maximum absolute atomic E-state index is 4.62. The van der Waals surface area contributed by atoms with Crippen LogP contribution in [-0.4, -0.2) is 27.7 Å². The van der Waals surface area contributed by atoms with Gasteiger partial charge >= 0.3 is 0 Å². The van der Waals surface area contributed by atoms with E-state index in [9.17, 15) is 0 Å². The van der Waals surface area contributed by atoms with Gasteiger partial charge in [0.1, 0.15) is 6.33 Å². The normalized spacial score (nSPS) is 11.5. The number of rotatable bonds is 6. The van der Waals surface area contributed by atoms with E-state index in [4.69, 9.17) is 0 Å². The molecular weight excluding hydrogens is 320 g/mol. The van der Waals surface area contributed by atoms with E-state index in [1.165, 1.54) is 11.9 Å². The molecule has 0 aliphatic rings. The lowest BCUT2D eigenvalue weighted by molar-refractivity contribution is 0.816. The third-order valence-corrected chi connectivity index (χ3v) is 4.15.